The minimum absolute atomic E-state index is 0.707. The van der Waals surface area contributed by atoms with Gasteiger partial charge in [0.15, 0.2) is 0 Å². The molecule has 3 rings (SSSR count). The lowest BCUT2D eigenvalue weighted by Gasteiger charge is -2.24. The van der Waals surface area contributed by atoms with Crippen molar-refractivity contribution in [1.29, 1.82) is 0 Å². The predicted octanol–water partition coefficient (Wildman–Crippen LogP) is 2.68. The maximum Gasteiger partial charge on any atom is 0.119 e. The first-order valence-corrected chi connectivity index (χ1v) is 7.15. The molecule has 104 valence electrons. The van der Waals surface area contributed by atoms with E-state index in [9.17, 15) is 0 Å². The standard InChI is InChI=1S/C17H20N2O/c1-2-7-16(8-3-1)20-13-12-19-11-10-18-14-15-6-4-5-9-17(15)19/h1-9,18H,10-14H2. The van der Waals surface area contributed by atoms with Crippen LogP contribution in [0.1, 0.15) is 5.56 Å². The third-order valence-electron chi connectivity index (χ3n) is 3.58. The summed E-state index contributed by atoms with van der Waals surface area (Å²) in [7, 11) is 0. The molecule has 0 spiro atoms. The van der Waals surface area contributed by atoms with Gasteiger partial charge < -0.3 is 15.0 Å². The lowest BCUT2D eigenvalue weighted by molar-refractivity contribution is 0.324. The Morgan fingerprint density at radius 2 is 1.80 bits per heavy atom. The van der Waals surface area contributed by atoms with Crippen LogP contribution >= 0.6 is 0 Å². The largest absolute Gasteiger partial charge is 0.492 e. The molecule has 0 unspecified atom stereocenters. The summed E-state index contributed by atoms with van der Waals surface area (Å²) in [4.78, 5) is 2.40. The molecule has 2 aromatic rings. The van der Waals surface area contributed by atoms with Crippen LogP contribution in [0.3, 0.4) is 0 Å². The van der Waals surface area contributed by atoms with Crippen molar-refractivity contribution in [2.24, 2.45) is 0 Å². The summed E-state index contributed by atoms with van der Waals surface area (Å²) >= 11 is 0. The molecule has 0 aliphatic carbocycles. The minimum atomic E-state index is 0.707. The van der Waals surface area contributed by atoms with Gasteiger partial charge in [-0.15, -0.1) is 0 Å². The average Bonchev–Trinajstić information content (AvgIpc) is 2.71. The Kier molecular flexibility index (Phi) is 4.19. The highest BCUT2D eigenvalue weighted by Crippen LogP contribution is 2.21. The van der Waals surface area contributed by atoms with E-state index in [-0.39, 0.29) is 0 Å². The fraction of sp³-hybridized carbons (Fsp3) is 0.294. The zero-order valence-corrected chi connectivity index (χ0v) is 11.6. The molecule has 0 aromatic heterocycles. The average molecular weight is 268 g/mol. The summed E-state index contributed by atoms with van der Waals surface area (Å²) in [6, 6.07) is 18.6. The smallest absolute Gasteiger partial charge is 0.119 e. The number of para-hydroxylation sites is 2. The zero-order chi connectivity index (χ0) is 13.6. The van der Waals surface area contributed by atoms with Crippen molar-refractivity contribution in [3.05, 3.63) is 60.2 Å². The van der Waals surface area contributed by atoms with Gasteiger partial charge in [0, 0.05) is 25.3 Å². The summed E-state index contributed by atoms with van der Waals surface area (Å²) in [5.41, 5.74) is 2.69. The topological polar surface area (TPSA) is 24.5 Å². The van der Waals surface area contributed by atoms with Crippen molar-refractivity contribution in [3.8, 4) is 5.75 Å². The van der Waals surface area contributed by atoms with Crippen LogP contribution in [0.5, 0.6) is 5.75 Å². The molecule has 0 amide bonds. The molecular formula is C17H20N2O. The summed E-state index contributed by atoms with van der Waals surface area (Å²) in [6.45, 7) is 4.60. The fourth-order valence-electron chi connectivity index (χ4n) is 2.55. The van der Waals surface area contributed by atoms with Gasteiger partial charge in [-0.25, -0.2) is 0 Å². The zero-order valence-electron chi connectivity index (χ0n) is 11.6. The Balaban J connectivity index is 1.62. The molecule has 0 fully saturated rings. The number of benzene rings is 2. The summed E-state index contributed by atoms with van der Waals surface area (Å²) in [5, 5.41) is 3.46. The second-order valence-electron chi connectivity index (χ2n) is 4.95. The van der Waals surface area contributed by atoms with Crippen molar-refractivity contribution in [1.82, 2.24) is 5.32 Å². The molecule has 0 saturated heterocycles. The van der Waals surface area contributed by atoms with Crippen LogP contribution in [0.25, 0.3) is 0 Å². The van der Waals surface area contributed by atoms with E-state index < -0.39 is 0 Å². The Bertz CT molecular complexity index is 542. The van der Waals surface area contributed by atoms with Crippen molar-refractivity contribution < 1.29 is 4.74 Å². The Morgan fingerprint density at radius 3 is 2.70 bits per heavy atom. The highest BCUT2D eigenvalue weighted by Gasteiger charge is 2.13. The van der Waals surface area contributed by atoms with Gasteiger partial charge in [0.05, 0.1) is 6.54 Å². The number of nitrogens with zero attached hydrogens (tertiary/aromatic N) is 1. The van der Waals surface area contributed by atoms with Gasteiger partial charge in [-0.3, -0.25) is 0 Å². The van der Waals surface area contributed by atoms with E-state index in [1.54, 1.807) is 0 Å². The van der Waals surface area contributed by atoms with Crippen LogP contribution in [0.2, 0.25) is 0 Å². The SMILES string of the molecule is c1ccc(OCCN2CCNCc3ccccc32)cc1. The summed E-state index contributed by atoms with van der Waals surface area (Å²) in [6.07, 6.45) is 0. The van der Waals surface area contributed by atoms with Gasteiger partial charge in [-0.05, 0) is 23.8 Å². The molecule has 0 radical (unpaired) electrons. The fourth-order valence-corrected chi connectivity index (χ4v) is 2.55. The van der Waals surface area contributed by atoms with Crippen LogP contribution < -0.4 is 15.0 Å². The monoisotopic (exact) mass is 268 g/mol. The van der Waals surface area contributed by atoms with E-state index in [1.807, 2.05) is 30.3 Å². The molecule has 2 aromatic carbocycles. The number of nitrogens with one attached hydrogen (secondary N) is 1. The van der Waals surface area contributed by atoms with E-state index in [1.165, 1.54) is 11.3 Å². The van der Waals surface area contributed by atoms with Crippen LogP contribution in [-0.4, -0.2) is 26.2 Å². The number of ether oxygens (including phenoxy) is 1. The maximum absolute atomic E-state index is 5.80. The molecule has 1 heterocycles. The Morgan fingerprint density at radius 1 is 1.00 bits per heavy atom. The van der Waals surface area contributed by atoms with Crippen LogP contribution in [0, 0.1) is 0 Å². The van der Waals surface area contributed by atoms with E-state index >= 15 is 0 Å². The molecule has 0 saturated carbocycles. The summed E-state index contributed by atoms with van der Waals surface area (Å²) < 4.78 is 5.80. The van der Waals surface area contributed by atoms with Gasteiger partial charge in [0.25, 0.3) is 0 Å². The molecule has 20 heavy (non-hydrogen) atoms. The molecule has 1 aliphatic rings. The number of rotatable bonds is 4. The molecular weight excluding hydrogens is 248 g/mol. The molecule has 3 nitrogen and oxygen atoms in total. The number of anilines is 1. The first kappa shape index (κ1) is 13.0. The summed E-state index contributed by atoms with van der Waals surface area (Å²) in [5.74, 6) is 0.939. The molecule has 0 bridgehead atoms. The normalized spacial score (nSPS) is 14.5. The second kappa shape index (κ2) is 6.44. The lowest BCUT2D eigenvalue weighted by atomic mass is 10.1. The van der Waals surface area contributed by atoms with Crippen LogP contribution in [0.15, 0.2) is 54.6 Å². The van der Waals surface area contributed by atoms with Gasteiger partial charge in [0.2, 0.25) is 0 Å². The third-order valence-corrected chi connectivity index (χ3v) is 3.58. The predicted molar refractivity (Wildman–Crippen MR) is 82.3 cm³/mol. The highest BCUT2D eigenvalue weighted by atomic mass is 16.5. The van der Waals surface area contributed by atoms with Crippen LogP contribution in [0.4, 0.5) is 5.69 Å². The van der Waals surface area contributed by atoms with E-state index in [0.29, 0.717) is 6.61 Å². The van der Waals surface area contributed by atoms with Crippen molar-refractivity contribution in [3.63, 3.8) is 0 Å². The first-order valence-electron chi connectivity index (χ1n) is 7.15. The van der Waals surface area contributed by atoms with Gasteiger partial charge >= 0.3 is 0 Å². The van der Waals surface area contributed by atoms with E-state index in [0.717, 1.165) is 31.9 Å². The van der Waals surface area contributed by atoms with Gasteiger partial charge in [-0.1, -0.05) is 36.4 Å². The Labute approximate surface area is 120 Å². The molecule has 3 heteroatoms. The highest BCUT2D eigenvalue weighted by molar-refractivity contribution is 5.54. The quantitative estimate of drug-likeness (QED) is 0.922. The molecule has 1 aliphatic heterocycles. The van der Waals surface area contributed by atoms with Crippen molar-refractivity contribution in [2.75, 3.05) is 31.1 Å². The minimum Gasteiger partial charge on any atom is -0.492 e. The molecule has 1 N–H and O–H groups in total. The van der Waals surface area contributed by atoms with E-state index in [2.05, 4.69) is 34.5 Å². The number of fused-ring (bicyclic) bond motifs is 1. The second-order valence-corrected chi connectivity index (χ2v) is 4.95. The third kappa shape index (κ3) is 3.11. The maximum atomic E-state index is 5.80. The molecule has 0 atom stereocenters. The van der Waals surface area contributed by atoms with E-state index in [4.69, 9.17) is 4.74 Å². The Hall–Kier alpha value is -2.00. The lowest BCUT2D eigenvalue weighted by Crippen LogP contribution is -2.32. The first-order chi connectivity index (χ1) is 9.93. The van der Waals surface area contributed by atoms with Gasteiger partial charge in [0.1, 0.15) is 12.4 Å². The van der Waals surface area contributed by atoms with Crippen molar-refractivity contribution in [2.45, 2.75) is 6.54 Å². The van der Waals surface area contributed by atoms with Gasteiger partial charge in [-0.2, -0.15) is 0 Å². The van der Waals surface area contributed by atoms with Crippen LogP contribution in [-0.2, 0) is 6.54 Å². The number of hydrogen-bond acceptors (Lipinski definition) is 3. The van der Waals surface area contributed by atoms with Crippen molar-refractivity contribution >= 4 is 5.69 Å². The number of hydrogen-bond donors (Lipinski definition) is 1.